The Morgan fingerprint density at radius 3 is 2.83 bits per heavy atom. The molecule has 2 heterocycles. The van der Waals surface area contributed by atoms with Gasteiger partial charge in [-0.2, -0.15) is 0 Å². The van der Waals surface area contributed by atoms with E-state index in [1.165, 1.54) is 31.8 Å². The van der Waals surface area contributed by atoms with Crippen molar-refractivity contribution in [1.29, 1.82) is 0 Å². The van der Waals surface area contributed by atoms with Gasteiger partial charge in [-0.1, -0.05) is 15.9 Å². The molecule has 1 unspecified atom stereocenters. The Labute approximate surface area is 147 Å². The summed E-state index contributed by atoms with van der Waals surface area (Å²) in [6, 6.07) is 6.65. The van der Waals surface area contributed by atoms with E-state index in [0.717, 1.165) is 28.9 Å². The van der Waals surface area contributed by atoms with Crippen molar-refractivity contribution in [3.05, 3.63) is 33.8 Å². The van der Waals surface area contributed by atoms with E-state index < -0.39 is 0 Å². The predicted octanol–water partition coefficient (Wildman–Crippen LogP) is 2.45. The average molecular weight is 380 g/mol. The zero-order valence-electron chi connectivity index (χ0n) is 14.0. The molecular weight excluding hydrogens is 354 g/mol. The van der Waals surface area contributed by atoms with Gasteiger partial charge in [0.2, 0.25) is 0 Å². The summed E-state index contributed by atoms with van der Waals surface area (Å²) in [6.45, 7) is 9.67. The molecule has 2 aliphatic heterocycles. The van der Waals surface area contributed by atoms with Crippen LogP contribution in [0.1, 0.15) is 12.5 Å². The molecular formula is C18H26BrN3O. The Hall–Kier alpha value is -0.880. The molecule has 23 heavy (non-hydrogen) atoms. The minimum atomic E-state index is 0.489. The van der Waals surface area contributed by atoms with Crippen LogP contribution in [0.15, 0.2) is 28.2 Å². The van der Waals surface area contributed by atoms with E-state index in [-0.39, 0.29) is 0 Å². The van der Waals surface area contributed by atoms with Crippen LogP contribution in [0.4, 0.5) is 0 Å². The van der Waals surface area contributed by atoms with E-state index in [0.29, 0.717) is 12.6 Å². The number of rotatable bonds is 5. The summed E-state index contributed by atoms with van der Waals surface area (Å²) < 4.78 is 6.93. The summed E-state index contributed by atoms with van der Waals surface area (Å²) >= 11 is 3.52. The quantitative estimate of drug-likeness (QED) is 0.850. The minimum Gasteiger partial charge on any atom is -0.489 e. The maximum atomic E-state index is 5.84. The number of nitrogens with zero attached hydrogens (tertiary/aromatic N) is 2. The molecule has 2 aliphatic rings. The molecule has 1 N–H and O–H groups in total. The van der Waals surface area contributed by atoms with Gasteiger partial charge in [-0.3, -0.25) is 4.90 Å². The number of fused-ring (bicyclic) bond motifs is 1. The second-order valence-electron chi connectivity index (χ2n) is 6.66. The van der Waals surface area contributed by atoms with Crippen LogP contribution in [0.25, 0.3) is 6.08 Å². The Balaban J connectivity index is 1.48. The number of benzene rings is 1. The molecule has 1 atom stereocenters. The summed E-state index contributed by atoms with van der Waals surface area (Å²) in [6.07, 6.45) is 2.25. The molecule has 0 radical (unpaired) electrons. The molecule has 5 heteroatoms. The molecule has 1 aromatic carbocycles. The molecule has 4 nitrogen and oxygen atoms in total. The zero-order valence-corrected chi connectivity index (χ0v) is 15.6. The predicted molar refractivity (Wildman–Crippen MR) is 99.0 cm³/mol. The van der Waals surface area contributed by atoms with Crippen LogP contribution in [0, 0.1) is 0 Å². The molecule has 0 spiro atoms. The van der Waals surface area contributed by atoms with Crippen molar-refractivity contribution in [2.24, 2.45) is 0 Å². The van der Waals surface area contributed by atoms with Crippen molar-refractivity contribution in [3.8, 4) is 5.75 Å². The highest BCUT2D eigenvalue weighted by molar-refractivity contribution is 9.10. The third kappa shape index (κ3) is 4.80. The van der Waals surface area contributed by atoms with E-state index in [1.807, 2.05) is 12.1 Å². The van der Waals surface area contributed by atoms with Crippen molar-refractivity contribution in [2.45, 2.75) is 13.0 Å². The first kappa shape index (κ1) is 17.0. The monoisotopic (exact) mass is 379 g/mol. The maximum absolute atomic E-state index is 5.84. The summed E-state index contributed by atoms with van der Waals surface area (Å²) in [4.78, 5) is 4.95. The first-order valence-corrected chi connectivity index (χ1v) is 9.15. The van der Waals surface area contributed by atoms with Crippen LogP contribution >= 0.6 is 15.9 Å². The Bertz CT molecular complexity index is 567. The van der Waals surface area contributed by atoms with E-state index in [2.05, 4.69) is 57.2 Å². The number of hydrogen-bond acceptors (Lipinski definition) is 4. The molecule has 0 bridgehead atoms. The average Bonchev–Trinajstić information content (AvgIpc) is 2.54. The van der Waals surface area contributed by atoms with Crippen molar-refractivity contribution >= 4 is 22.0 Å². The molecule has 126 valence electrons. The molecule has 1 fully saturated rings. The molecule has 0 aliphatic carbocycles. The van der Waals surface area contributed by atoms with Gasteiger partial charge >= 0.3 is 0 Å². The molecule has 3 rings (SSSR count). The molecule has 1 saturated heterocycles. The number of piperazine rings is 1. The van der Waals surface area contributed by atoms with Gasteiger partial charge in [-0.05, 0) is 43.8 Å². The van der Waals surface area contributed by atoms with E-state index in [1.54, 1.807) is 0 Å². The van der Waals surface area contributed by atoms with Crippen molar-refractivity contribution < 1.29 is 4.74 Å². The third-order valence-electron chi connectivity index (χ3n) is 4.55. The van der Waals surface area contributed by atoms with Gasteiger partial charge < -0.3 is 15.0 Å². The summed E-state index contributed by atoms with van der Waals surface area (Å²) in [5, 5.41) is 3.64. The van der Waals surface area contributed by atoms with Crippen LogP contribution in [0.2, 0.25) is 0 Å². The highest BCUT2D eigenvalue weighted by Gasteiger charge is 2.17. The number of halogens is 1. The highest BCUT2D eigenvalue weighted by Crippen LogP contribution is 2.28. The Morgan fingerprint density at radius 2 is 2.04 bits per heavy atom. The Kier molecular flexibility index (Phi) is 5.75. The number of ether oxygens (including phenoxy) is 1. The number of hydrogen-bond donors (Lipinski definition) is 1. The standard InChI is InChI=1S/C18H26BrN3O/c1-14(12-22-7-5-21(2)6-8-22)20-11-15-9-16-10-17(19)3-4-18(16)23-13-15/h3-4,9-10,14,20H,5-8,11-13H2,1-2H3. The Morgan fingerprint density at radius 1 is 1.26 bits per heavy atom. The topological polar surface area (TPSA) is 27.7 Å². The first-order valence-electron chi connectivity index (χ1n) is 8.36. The minimum absolute atomic E-state index is 0.489. The van der Waals surface area contributed by atoms with Crippen LogP contribution < -0.4 is 10.1 Å². The van der Waals surface area contributed by atoms with Gasteiger partial charge in [-0.15, -0.1) is 0 Å². The summed E-state index contributed by atoms with van der Waals surface area (Å²) in [7, 11) is 2.20. The fourth-order valence-corrected chi connectivity index (χ4v) is 3.46. The largest absolute Gasteiger partial charge is 0.489 e. The van der Waals surface area contributed by atoms with Crippen molar-refractivity contribution in [3.63, 3.8) is 0 Å². The zero-order chi connectivity index (χ0) is 16.2. The van der Waals surface area contributed by atoms with Crippen LogP contribution in [0.3, 0.4) is 0 Å². The lowest BCUT2D eigenvalue weighted by Crippen LogP contribution is -2.49. The van der Waals surface area contributed by atoms with E-state index in [9.17, 15) is 0 Å². The number of nitrogens with one attached hydrogen (secondary N) is 1. The lowest BCUT2D eigenvalue weighted by molar-refractivity contribution is 0.144. The summed E-state index contributed by atoms with van der Waals surface area (Å²) in [5.41, 5.74) is 2.47. The van der Waals surface area contributed by atoms with Crippen LogP contribution in [-0.4, -0.2) is 68.8 Å². The highest BCUT2D eigenvalue weighted by atomic mass is 79.9. The van der Waals surface area contributed by atoms with Gasteiger partial charge in [0.15, 0.2) is 0 Å². The molecule has 0 saturated carbocycles. The van der Waals surface area contributed by atoms with Crippen molar-refractivity contribution in [2.75, 3.05) is 52.9 Å². The SMILES string of the molecule is CC(CN1CCN(C)CC1)NCC1=Cc2cc(Br)ccc2OC1. The van der Waals surface area contributed by atoms with E-state index >= 15 is 0 Å². The van der Waals surface area contributed by atoms with Crippen LogP contribution in [0.5, 0.6) is 5.75 Å². The fraction of sp³-hybridized carbons (Fsp3) is 0.556. The van der Waals surface area contributed by atoms with Gasteiger partial charge in [0.05, 0.1) is 0 Å². The molecule has 0 amide bonds. The molecule has 1 aromatic rings. The number of likely N-dealkylation sites (N-methyl/N-ethyl adjacent to an activating group) is 1. The summed E-state index contributed by atoms with van der Waals surface area (Å²) in [5.74, 6) is 0.974. The third-order valence-corrected chi connectivity index (χ3v) is 5.04. The second-order valence-corrected chi connectivity index (χ2v) is 7.57. The molecule has 0 aromatic heterocycles. The maximum Gasteiger partial charge on any atom is 0.127 e. The second kappa shape index (κ2) is 7.79. The smallest absolute Gasteiger partial charge is 0.127 e. The normalized spacial score (nSPS) is 20.6. The first-order chi connectivity index (χ1) is 11.1. The van der Waals surface area contributed by atoms with Crippen LogP contribution in [-0.2, 0) is 0 Å². The lowest BCUT2D eigenvalue weighted by Gasteiger charge is -2.34. The lowest BCUT2D eigenvalue weighted by atomic mass is 10.1. The van der Waals surface area contributed by atoms with Gasteiger partial charge in [0, 0.05) is 55.3 Å². The van der Waals surface area contributed by atoms with E-state index in [4.69, 9.17) is 4.74 Å². The van der Waals surface area contributed by atoms with Gasteiger partial charge in [-0.25, -0.2) is 0 Å². The van der Waals surface area contributed by atoms with Crippen molar-refractivity contribution in [1.82, 2.24) is 15.1 Å². The fourth-order valence-electron chi connectivity index (χ4n) is 3.09. The van der Waals surface area contributed by atoms with Gasteiger partial charge in [0.25, 0.3) is 0 Å². The van der Waals surface area contributed by atoms with Gasteiger partial charge in [0.1, 0.15) is 12.4 Å².